The first-order valence-electron chi connectivity index (χ1n) is 15.2. The summed E-state index contributed by atoms with van der Waals surface area (Å²) < 4.78 is 0. The van der Waals surface area contributed by atoms with Crippen molar-refractivity contribution in [3.63, 3.8) is 0 Å². The van der Waals surface area contributed by atoms with Crippen molar-refractivity contribution in [2.45, 2.75) is 25.2 Å². The van der Waals surface area contributed by atoms with Crippen LogP contribution in [0.3, 0.4) is 0 Å². The van der Waals surface area contributed by atoms with Gasteiger partial charge in [0.2, 0.25) is 0 Å². The maximum absolute atomic E-state index is 7.02. The molecule has 6 rings (SSSR count). The van der Waals surface area contributed by atoms with Crippen molar-refractivity contribution in [2.24, 2.45) is 5.73 Å². The Kier molecular flexibility index (Phi) is 8.43. The minimum Gasteiger partial charge on any atom is -0.399 e. The molecule has 0 spiro atoms. The number of para-hydroxylation sites is 2. The Labute approximate surface area is 261 Å². The van der Waals surface area contributed by atoms with Gasteiger partial charge in [-0.05, 0) is 84.5 Å². The van der Waals surface area contributed by atoms with Gasteiger partial charge in [-0.2, -0.15) is 0 Å². The zero-order valence-electron chi connectivity index (χ0n) is 25.2. The number of hydrogen-bond acceptors (Lipinski definition) is 2. The second-order valence-electron chi connectivity index (χ2n) is 11.3. The summed E-state index contributed by atoms with van der Waals surface area (Å²) in [5.41, 5.74) is 17.4. The van der Waals surface area contributed by atoms with Crippen molar-refractivity contribution in [2.75, 3.05) is 4.90 Å². The van der Waals surface area contributed by atoms with Crippen LogP contribution in [0, 0.1) is 0 Å². The Bertz CT molecular complexity index is 1740. The molecule has 0 radical (unpaired) electrons. The van der Waals surface area contributed by atoms with Crippen LogP contribution < -0.4 is 10.6 Å². The molecular formula is C42H38N2. The molecule has 1 aliphatic carbocycles. The van der Waals surface area contributed by atoms with Gasteiger partial charge in [-0.25, -0.2) is 0 Å². The molecule has 0 aliphatic heterocycles. The van der Waals surface area contributed by atoms with Crippen molar-refractivity contribution in [1.29, 1.82) is 0 Å². The Morgan fingerprint density at radius 2 is 1.05 bits per heavy atom. The lowest BCUT2D eigenvalue weighted by molar-refractivity contribution is 0.664. The molecule has 0 heterocycles. The monoisotopic (exact) mass is 570 g/mol. The number of nitrogens with two attached hydrogens (primary N) is 1. The molecule has 0 unspecified atom stereocenters. The second kappa shape index (κ2) is 12.9. The molecule has 5 aromatic carbocycles. The second-order valence-corrected chi connectivity index (χ2v) is 11.3. The van der Waals surface area contributed by atoms with Gasteiger partial charge in [0.1, 0.15) is 0 Å². The number of benzene rings is 5. The maximum Gasteiger partial charge on any atom is 0.0619 e. The van der Waals surface area contributed by atoms with Crippen LogP contribution >= 0.6 is 0 Å². The van der Waals surface area contributed by atoms with Gasteiger partial charge >= 0.3 is 0 Å². The molecule has 0 amide bonds. The van der Waals surface area contributed by atoms with Crippen molar-refractivity contribution in [1.82, 2.24) is 0 Å². The highest BCUT2D eigenvalue weighted by molar-refractivity contribution is 5.76. The highest BCUT2D eigenvalue weighted by Crippen LogP contribution is 2.47. The summed E-state index contributed by atoms with van der Waals surface area (Å²) >= 11 is 0. The van der Waals surface area contributed by atoms with Crippen LogP contribution in [-0.2, 0) is 11.8 Å². The number of anilines is 2. The van der Waals surface area contributed by atoms with E-state index in [4.69, 9.17) is 12.3 Å². The fourth-order valence-corrected chi connectivity index (χ4v) is 6.56. The van der Waals surface area contributed by atoms with E-state index in [1.54, 1.807) is 0 Å². The Hall–Kier alpha value is -5.34. The van der Waals surface area contributed by atoms with E-state index in [9.17, 15) is 0 Å². The lowest BCUT2D eigenvalue weighted by atomic mass is 9.63. The van der Waals surface area contributed by atoms with Gasteiger partial charge in [-0.15, -0.1) is 0 Å². The summed E-state index contributed by atoms with van der Waals surface area (Å²) in [4.78, 5) is 2.28. The zero-order chi connectivity index (χ0) is 30.4. The van der Waals surface area contributed by atoms with Crippen LogP contribution in [0.4, 0.5) is 11.4 Å². The molecule has 1 aliphatic rings. The normalized spacial score (nSPS) is 18.6. The molecule has 2 N–H and O–H groups in total. The highest BCUT2D eigenvalue weighted by Gasteiger charge is 2.38. The van der Waals surface area contributed by atoms with Gasteiger partial charge in [0.25, 0.3) is 0 Å². The first-order valence-corrected chi connectivity index (χ1v) is 15.2. The molecule has 0 aromatic heterocycles. The summed E-state index contributed by atoms with van der Waals surface area (Å²) in [6.45, 7) is 6.99. The van der Waals surface area contributed by atoms with Crippen LogP contribution in [-0.4, -0.2) is 0 Å². The molecule has 5 aromatic rings. The molecule has 0 saturated carbocycles. The van der Waals surface area contributed by atoms with Crippen LogP contribution in [0.15, 0.2) is 187 Å². The number of nitrogens with zero attached hydrogens (tertiary/aromatic N) is 1. The molecular weight excluding hydrogens is 532 g/mol. The van der Waals surface area contributed by atoms with Gasteiger partial charge in [-0.1, -0.05) is 139 Å². The van der Waals surface area contributed by atoms with Crippen LogP contribution in [0.1, 0.15) is 35.6 Å². The smallest absolute Gasteiger partial charge is 0.0619 e. The Morgan fingerprint density at radius 1 is 0.568 bits per heavy atom. The average Bonchev–Trinajstić information content (AvgIpc) is 3.06. The van der Waals surface area contributed by atoms with E-state index in [0.29, 0.717) is 5.70 Å². The Balaban J connectivity index is 1.62. The minimum atomic E-state index is -0.544. The molecule has 0 fully saturated rings. The quantitative estimate of drug-likeness (QED) is 0.213. The fourth-order valence-electron chi connectivity index (χ4n) is 6.56. The molecule has 44 heavy (non-hydrogen) atoms. The van der Waals surface area contributed by atoms with E-state index < -0.39 is 5.41 Å². The molecule has 0 atom stereocenters. The summed E-state index contributed by atoms with van der Waals surface area (Å²) in [5, 5.41) is 0. The van der Waals surface area contributed by atoms with Crippen molar-refractivity contribution >= 4 is 17.5 Å². The van der Waals surface area contributed by atoms with E-state index in [1.807, 2.05) is 12.1 Å². The number of rotatable bonds is 5. The summed E-state index contributed by atoms with van der Waals surface area (Å²) in [7, 11) is 0. The van der Waals surface area contributed by atoms with Gasteiger partial charge in [0.05, 0.1) is 5.41 Å². The number of aryl methyl sites for hydroxylation is 1. The summed E-state index contributed by atoms with van der Waals surface area (Å²) in [6.07, 6.45) is 8.19. The van der Waals surface area contributed by atoms with Crippen molar-refractivity contribution < 1.29 is 0 Å². The molecule has 216 valence electrons. The standard InChI is InChI=1S/C42H38N2/c1-32-27-28-34-17-15-16-18-35(34)30-41(44(39-23-11-5-12-24-39)40-25-13-6-14-26-40)31-38(43)29-33(2)42(32,36-19-7-3-8-20-36)37-21-9-4-10-22-37/h3-26,29-31H,1,27-28,43H2,2H3/b33-29+,38-31+,41-30-. The van der Waals surface area contributed by atoms with Crippen molar-refractivity contribution in [3.8, 4) is 0 Å². The predicted octanol–water partition coefficient (Wildman–Crippen LogP) is 10.1. The predicted molar refractivity (Wildman–Crippen MR) is 187 cm³/mol. The van der Waals surface area contributed by atoms with Gasteiger partial charge in [-0.3, -0.25) is 0 Å². The van der Waals surface area contributed by atoms with E-state index in [0.717, 1.165) is 41.1 Å². The lowest BCUT2D eigenvalue weighted by Crippen LogP contribution is -2.32. The molecule has 0 bridgehead atoms. The number of fused-ring (bicyclic) bond motifs is 1. The van der Waals surface area contributed by atoms with E-state index in [-0.39, 0.29) is 0 Å². The molecule has 2 nitrogen and oxygen atoms in total. The highest BCUT2D eigenvalue weighted by atomic mass is 15.1. The molecule has 2 heteroatoms. The molecule has 0 saturated heterocycles. The summed E-state index contributed by atoms with van der Waals surface area (Å²) in [6, 6.07) is 51.1. The minimum absolute atomic E-state index is 0.544. The first kappa shape index (κ1) is 28.8. The maximum atomic E-state index is 7.02. The number of allylic oxidation sites excluding steroid dienone is 4. The fraction of sp³-hybridized carbons (Fsp3) is 0.0952. The Morgan fingerprint density at radius 3 is 1.59 bits per heavy atom. The number of hydrogen-bond donors (Lipinski definition) is 1. The van der Waals surface area contributed by atoms with E-state index >= 15 is 0 Å². The largest absolute Gasteiger partial charge is 0.399 e. The summed E-state index contributed by atoms with van der Waals surface area (Å²) in [5.74, 6) is 0. The van der Waals surface area contributed by atoms with Crippen LogP contribution in [0.2, 0.25) is 0 Å². The zero-order valence-corrected chi connectivity index (χ0v) is 25.2. The van der Waals surface area contributed by atoms with E-state index in [2.05, 4.69) is 164 Å². The van der Waals surface area contributed by atoms with Crippen molar-refractivity contribution in [3.05, 3.63) is 209 Å². The third-order valence-corrected chi connectivity index (χ3v) is 8.57. The third-order valence-electron chi connectivity index (χ3n) is 8.57. The third kappa shape index (κ3) is 5.67. The lowest BCUT2D eigenvalue weighted by Gasteiger charge is -2.39. The van der Waals surface area contributed by atoms with Gasteiger partial charge in [0.15, 0.2) is 0 Å². The van der Waals surface area contributed by atoms with Crippen LogP contribution in [0.5, 0.6) is 0 Å². The average molecular weight is 571 g/mol. The van der Waals surface area contributed by atoms with Gasteiger partial charge < -0.3 is 10.6 Å². The first-order chi connectivity index (χ1) is 21.6. The van der Waals surface area contributed by atoms with Crippen LogP contribution in [0.25, 0.3) is 6.08 Å². The van der Waals surface area contributed by atoms with E-state index in [1.165, 1.54) is 22.3 Å². The topological polar surface area (TPSA) is 29.3 Å². The van der Waals surface area contributed by atoms with Gasteiger partial charge in [0, 0.05) is 22.8 Å². The SMILES string of the molecule is C=C1CCc2ccccc2/C=C(N(c2ccccc2)c2ccccc2)/C=C(N)\C=C(/C)C1(c1ccccc1)c1ccccc1.